The van der Waals surface area contributed by atoms with Gasteiger partial charge in [-0.1, -0.05) is 0 Å². The summed E-state index contributed by atoms with van der Waals surface area (Å²) in [5, 5.41) is 7.02. The molecule has 0 spiro atoms. The second-order valence-corrected chi connectivity index (χ2v) is 4.81. The molecule has 0 saturated carbocycles. The Balaban J connectivity index is 1.73. The van der Waals surface area contributed by atoms with E-state index in [1.807, 2.05) is 6.07 Å². The first-order chi connectivity index (χ1) is 10.3. The van der Waals surface area contributed by atoms with Crippen LogP contribution in [0.4, 0.5) is 5.95 Å². The SMILES string of the molecule is CNc1nc(OCC2CCOCC2)nc(-n2cccn2)n1. The largest absolute Gasteiger partial charge is 0.463 e. The lowest BCUT2D eigenvalue weighted by Crippen LogP contribution is -2.22. The van der Waals surface area contributed by atoms with Crippen LogP contribution in [0.15, 0.2) is 18.5 Å². The van der Waals surface area contributed by atoms with Crippen molar-refractivity contribution in [2.75, 3.05) is 32.2 Å². The van der Waals surface area contributed by atoms with Gasteiger partial charge in [-0.15, -0.1) is 0 Å². The number of nitrogens with zero attached hydrogens (tertiary/aromatic N) is 5. The summed E-state index contributed by atoms with van der Waals surface area (Å²) in [4.78, 5) is 12.8. The molecule has 8 nitrogen and oxygen atoms in total. The van der Waals surface area contributed by atoms with Crippen molar-refractivity contribution in [3.63, 3.8) is 0 Å². The Labute approximate surface area is 122 Å². The minimum absolute atomic E-state index is 0.311. The van der Waals surface area contributed by atoms with Gasteiger partial charge in [-0.05, 0) is 24.8 Å². The van der Waals surface area contributed by atoms with Crippen molar-refractivity contribution in [1.29, 1.82) is 0 Å². The molecule has 0 atom stereocenters. The molecule has 1 fully saturated rings. The third kappa shape index (κ3) is 3.46. The maximum absolute atomic E-state index is 5.73. The number of ether oxygens (including phenoxy) is 2. The van der Waals surface area contributed by atoms with Gasteiger partial charge in [0.15, 0.2) is 0 Å². The van der Waals surface area contributed by atoms with Crippen LogP contribution in [0.5, 0.6) is 6.01 Å². The zero-order valence-corrected chi connectivity index (χ0v) is 11.9. The molecule has 1 N–H and O–H groups in total. The number of rotatable bonds is 5. The molecule has 3 heterocycles. The number of nitrogens with one attached hydrogen (secondary N) is 1. The lowest BCUT2D eigenvalue weighted by molar-refractivity contribution is 0.0482. The lowest BCUT2D eigenvalue weighted by Gasteiger charge is -2.21. The topological polar surface area (TPSA) is 87.0 Å². The van der Waals surface area contributed by atoms with Crippen molar-refractivity contribution in [1.82, 2.24) is 24.7 Å². The third-order valence-corrected chi connectivity index (χ3v) is 3.33. The highest BCUT2D eigenvalue weighted by Crippen LogP contribution is 2.17. The zero-order valence-electron chi connectivity index (χ0n) is 11.9. The van der Waals surface area contributed by atoms with E-state index in [9.17, 15) is 0 Å². The smallest absolute Gasteiger partial charge is 0.323 e. The minimum atomic E-state index is 0.311. The van der Waals surface area contributed by atoms with Crippen molar-refractivity contribution in [3.05, 3.63) is 18.5 Å². The summed E-state index contributed by atoms with van der Waals surface area (Å²) in [6.45, 7) is 2.19. The number of hydrogen-bond acceptors (Lipinski definition) is 7. The molecule has 2 aromatic heterocycles. The fourth-order valence-electron chi connectivity index (χ4n) is 2.12. The Hall–Kier alpha value is -2.22. The second-order valence-electron chi connectivity index (χ2n) is 4.81. The molecule has 112 valence electrons. The normalized spacial score (nSPS) is 15.9. The highest BCUT2D eigenvalue weighted by atomic mass is 16.5. The van der Waals surface area contributed by atoms with E-state index >= 15 is 0 Å². The van der Waals surface area contributed by atoms with Gasteiger partial charge >= 0.3 is 6.01 Å². The van der Waals surface area contributed by atoms with E-state index in [4.69, 9.17) is 9.47 Å². The van der Waals surface area contributed by atoms with E-state index in [0.717, 1.165) is 26.1 Å². The fourth-order valence-corrected chi connectivity index (χ4v) is 2.12. The predicted molar refractivity (Wildman–Crippen MR) is 75.5 cm³/mol. The first-order valence-electron chi connectivity index (χ1n) is 6.99. The molecule has 1 saturated heterocycles. The second kappa shape index (κ2) is 6.49. The van der Waals surface area contributed by atoms with Crippen molar-refractivity contribution >= 4 is 5.95 Å². The Bertz CT molecular complexity index is 568. The number of aromatic nitrogens is 5. The molecule has 0 aromatic carbocycles. The van der Waals surface area contributed by atoms with Crippen LogP contribution in [-0.4, -0.2) is 51.6 Å². The molecule has 3 rings (SSSR count). The van der Waals surface area contributed by atoms with E-state index < -0.39 is 0 Å². The lowest BCUT2D eigenvalue weighted by atomic mass is 10.0. The Morgan fingerprint density at radius 2 is 2.19 bits per heavy atom. The van der Waals surface area contributed by atoms with Crippen LogP contribution in [0, 0.1) is 5.92 Å². The summed E-state index contributed by atoms with van der Waals surface area (Å²) in [7, 11) is 1.75. The number of anilines is 1. The van der Waals surface area contributed by atoms with Crippen LogP contribution < -0.4 is 10.1 Å². The maximum atomic E-state index is 5.73. The first kappa shape index (κ1) is 13.7. The van der Waals surface area contributed by atoms with Gasteiger partial charge in [-0.2, -0.15) is 20.1 Å². The summed E-state index contributed by atoms with van der Waals surface area (Å²) in [6.07, 6.45) is 5.47. The molecule has 8 heteroatoms. The zero-order chi connectivity index (χ0) is 14.5. The molecule has 0 aliphatic carbocycles. The molecule has 2 aromatic rings. The van der Waals surface area contributed by atoms with Crippen LogP contribution in [0.3, 0.4) is 0 Å². The fraction of sp³-hybridized carbons (Fsp3) is 0.538. The van der Waals surface area contributed by atoms with Gasteiger partial charge in [0.05, 0.1) is 6.61 Å². The molecular weight excluding hydrogens is 272 g/mol. The molecule has 0 bridgehead atoms. The van der Waals surface area contributed by atoms with Gasteiger partial charge in [0.25, 0.3) is 5.95 Å². The minimum Gasteiger partial charge on any atom is -0.463 e. The standard InChI is InChI=1S/C13H18N6O2/c1-14-11-16-12(19-6-2-5-15-19)18-13(17-11)21-9-10-3-7-20-8-4-10/h2,5-6,10H,3-4,7-9H2,1H3,(H,14,16,17,18). The van der Waals surface area contributed by atoms with E-state index in [1.165, 1.54) is 0 Å². The molecular formula is C13H18N6O2. The molecule has 1 aliphatic rings. The van der Waals surface area contributed by atoms with Crippen LogP contribution in [0.2, 0.25) is 0 Å². The van der Waals surface area contributed by atoms with E-state index in [2.05, 4.69) is 25.4 Å². The van der Waals surface area contributed by atoms with E-state index in [1.54, 1.807) is 24.1 Å². The average molecular weight is 290 g/mol. The summed E-state index contributed by atoms with van der Waals surface area (Å²) in [5.41, 5.74) is 0. The van der Waals surface area contributed by atoms with Gasteiger partial charge in [0.2, 0.25) is 5.95 Å². The van der Waals surface area contributed by atoms with Crippen molar-refractivity contribution in [2.45, 2.75) is 12.8 Å². The van der Waals surface area contributed by atoms with Crippen molar-refractivity contribution in [3.8, 4) is 12.0 Å². The maximum Gasteiger partial charge on any atom is 0.323 e. The average Bonchev–Trinajstić information content (AvgIpc) is 3.08. The quantitative estimate of drug-likeness (QED) is 0.875. The molecule has 21 heavy (non-hydrogen) atoms. The van der Waals surface area contributed by atoms with Crippen molar-refractivity contribution < 1.29 is 9.47 Å². The van der Waals surface area contributed by atoms with Crippen LogP contribution in [0.1, 0.15) is 12.8 Å². The predicted octanol–water partition coefficient (Wildman–Crippen LogP) is 0.904. The number of hydrogen-bond donors (Lipinski definition) is 1. The Kier molecular flexibility index (Phi) is 4.25. The third-order valence-electron chi connectivity index (χ3n) is 3.33. The van der Waals surface area contributed by atoms with Gasteiger partial charge < -0.3 is 14.8 Å². The van der Waals surface area contributed by atoms with E-state index in [-0.39, 0.29) is 0 Å². The molecule has 1 aliphatic heterocycles. The van der Waals surface area contributed by atoms with Gasteiger partial charge in [0, 0.05) is 32.7 Å². The Morgan fingerprint density at radius 3 is 2.90 bits per heavy atom. The monoisotopic (exact) mass is 290 g/mol. The first-order valence-corrected chi connectivity index (χ1v) is 6.99. The highest BCUT2D eigenvalue weighted by molar-refractivity contribution is 5.28. The molecule has 0 unspecified atom stereocenters. The van der Waals surface area contributed by atoms with Gasteiger partial charge in [-0.3, -0.25) is 0 Å². The van der Waals surface area contributed by atoms with Gasteiger partial charge in [-0.25, -0.2) is 4.68 Å². The van der Waals surface area contributed by atoms with Crippen LogP contribution >= 0.6 is 0 Å². The summed E-state index contributed by atoms with van der Waals surface area (Å²) >= 11 is 0. The molecule has 0 amide bonds. The summed E-state index contributed by atoms with van der Waals surface area (Å²) in [5.74, 6) is 1.38. The summed E-state index contributed by atoms with van der Waals surface area (Å²) in [6, 6.07) is 2.12. The summed E-state index contributed by atoms with van der Waals surface area (Å²) < 4.78 is 12.6. The van der Waals surface area contributed by atoms with Crippen LogP contribution in [-0.2, 0) is 4.74 Å². The van der Waals surface area contributed by atoms with Crippen LogP contribution in [0.25, 0.3) is 5.95 Å². The Morgan fingerprint density at radius 1 is 1.33 bits per heavy atom. The van der Waals surface area contributed by atoms with E-state index in [0.29, 0.717) is 30.4 Å². The van der Waals surface area contributed by atoms with Crippen molar-refractivity contribution in [2.24, 2.45) is 5.92 Å². The van der Waals surface area contributed by atoms with Gasteiger partial charge in [0.1, 0.15) is 0 Å². The highest BCUT2D eigenvalue weighted by Gasteiger charge is 2.16. The molecule has 0 radical (unpaired) electrons.